The highest BCUT2D eigenvalue weighted by Crippen LogP contribution is 2.22. The first kappa shape index (κ1) is 19.8. The number of aromatic nitrogens is 4. The lowest BCUT2D eigenvalue weighted by Crippen LogP contribution is -2.12. The molecular weight excluding hydrogens is 388 g/mol. The van der Waals surface area contributed by atoms with Crippen molar-refractivity contribution in [2.75, 3.05) is 5.32 Å². The first-order chi connectivity index (χ1) is 14.4. The predicted molar refractivity (Wildman–Crippen MR) is 111 cm³/mol. The van der Waals surface area contributed by atoms with Gasteiger partial charge in [0.25, 0.3) is 12.3 Å². The molecule has 0 saturated carbocycles. The second kappa shape index (κ2) is 8.06. The van der Waals surface area contributed by atoms with Crippen LogP contribution in [0.4, 0.5) is 14.5 Å². The average Bonchev–Trinajstić information content (AvgIpc) is 3.34. The minimum Gasteiger partial charge on any atom is -0.337 e. The van der Waals surface area contributed by atoms with E-state index in [4.69, 9.17) is 0 Å². The largest absolute Gasteiger partial charge is 0.337 e. The molecular formula is C22H21F2N5O. The van der Waals surface area contributed by atoms with E-state index >= 15 is 0 Å². The van der Waals surface area contributed by atoms with Crippen molar-refractivity contribution < 1.29 is 13.6 Å². The number of alkyl halides is 2. The molecule has 0 bridgehead atoms. The van der Waals surface area contributed by atoms with Gasteiger partial charge in [-0.05, 0) is 35.9 Å². The molecule has 0 spiro atoms. The minimum absolute atomic E-state index is 0.311. The molecule has 0 fully saturated rings. The molecule has 0 unspecified atom stereocenters. The summed E-state index contributed by atoms with van der Waals surface area (Å²) < 4.78 is 27.7. The number of hydrogen-bond donors (Lipinski definition) is 2. The summed E-state index contributed by atoms with van der Waals surface area (Å²) in [6.45, 7) is 4.83. The number of carbonyl (C=O) groups excluding carboxylic acids is 1. The third-order valence-electron chi connectivity index (χ3n) is 4.77. The van der Waals surface area contributed by atoms with Gasteiger partial charge in [-0.15, -0.1) is 0 Å². The molecule has 0 aliphatic carbocycles. The van der Waals surface area contributed by atoms with Crippen LogP contribution in [0.25, 0.3) is 11.0 Å². The number of amides is 1. The van der Waals surface area contributed by atoms with Gasteiger partial charge < -0.3 is 14.9 Å². The molecule has 4 aromatic rings. The third kappa shape index (κ3) is 4.07. The van der Waals surface area contributed by atoms with Crippen molar-refractivity contribution in [2.24, 2.45) is 0 Å². The summed E-state index contributed by atoms with van der Waals surface area (Å²) in [5, 5.41) is 2.86. The Balaban J connectivity index is 1.51. The van der Waals surface area contributed by atoms with Crippen molar-refractivity contribution in [1.82, 2.24) is 19.5 Å². The Kier molecular flexibility index (Phi) is 5.31. The van der Waals surface area contributed by atoms with Crippen molar-refractivity contribution in [3.05, 3.63) is 77.6 Å². The van der Waals surface area contributed by atoms with Crippen LogP contribution in [0.15, 0.2) is 54.9 Å². The molecule has 154 valence electrons. The molecule has 2 aromatic heterocycles. The van der Waals surface area contributed by atoms with E-state index in [-0.39, 0.29) is 5.91 Å². The van der Waals surface area contributed by atoms with Crippen LogP contribution in [0, 0.1) is 0 Å². The molecule has 0 aliphatic rings. The van der Waals surface area contributed by atoms with E-state index in [9.17, 15) is 13.6 Å². The van der Waals surface area contributed by atoms with Gasteiger partial charge in [0.15, 0.2) is 5.82 Å². The Bertz CT molecular complexity index is 1200. The number of hydrogen-bond acceptors (Lipinski definition) is 3. The van der Waals surface area contributed by atoms with Crippen LogP contribution in [-0.4, -0.2) is 25.4 Å². The quantitative estimate of drug-likeness (QED) is 0.464. The van der Waals surface area contributed by atoms with Crippen LogP contribution in [0.3, 0.4) is 0 Å². The molecule has 2 heterocycles. The molecule has 0 radical (unpaired) electrons. The number of anilines is 1. The fourth-order valence-electron chi connectivity index (χ4n) is 3.38. The normalized spacial score (nSPS) is 11.5. The Morgan fingerprint density at radius 1 is 1.20 bits per heavy atom. The number of H-pyrrole nitrogens is 1. The zero-order chi connectivity index (χ0) is 21.3. The number of benzene rings is 2. The summed E-state index contributed by atoms with van der Waals surface area (Å²) >= 11 is 0. The lowest BCUT2D eigenvalue weighted by molar-refractivity contribution is 0.102. The molecule has 0 atom stereocenters. The summed E-state index contributed by atoms with van der Waals surface area (Å²) in [4.78, 5) is 23.4. The molecule has 2 N–H and O–H groups in total. The predicted octanol–water partition coefficient (Wildman–Crippen LogP) is 5.12. The third-order valence-corrected chi connectivity index (χ3v) is 4.77. The Labute approximate surface area is 172 Å². The SMILES string of the molecule is CC(C)c1nccn1Cc1cccc(NC(=O)c2ccc3nc(C(F)F)[nH]c3c2)c1. The lowest BCUT2D eigenvalue weighted by atomic mass is 10.1. The van der Waals surface area contributed by atoms with Crippen molar-refractivity contribution in [3.63, 3.8) is 0 Å². The summed E-state index contributed by atoms with van der Waals surface area (Å²) in [6.07, 6.45) is 1.03. The highest BCUT2D eigenvalue weighted by atomic mass is 19.3. The van der Waals surface area contributed by atoms with Crippen LogP contribution < -0.4 is 5.32 Å². The van der Waals surface area contributed by atoms with Gasteiger partial charge in [0, 0.05) is 36.1 Å². The van der Waals surface area contributed by atoms with E-state index in [1.807, 2.05) is 30.5 Å². The zero-order valence-electron chi connectivity index (χ0n) is 16.6. The van der Waals surface area contributed by atoms with Gasteiger partial charge in [-0.3, -0.25) is 4.79 Å². The van der Waals surface area contributed by atoms with Gasteiger partial charge in [0.2, 0.25) is 0 Å². The number of aromatic amines is 1. The molecule has 6 nitrogen and oxygen atoms in total. The van der Waals surface area contributed by atoms with Crippen LogP contribution in [0.5, 0.6) is 0 Å². The number of halogens is 2. The van der Waals surface area contributed by atoms with Crippen molar-refractivity contribution in [1.29, 1.82) is 0 Å². The summed E-state index contributed by atoms with van der Waals surface area (Å²) in [5.74, 6) is 0.578. The van der Waals surface area contributed by atoms with E-state index < -0.39 is 12.2 Å². The lowest BCUT2D eigenvalue weighted by Gasteiger charge is -2.12. The van der Waals surface area contributed by atoms with Gasteiger partial charge in [-0.2, -0.15) is 0 Å². The van der Waals surface area contributed by atoms with E-state index in [1.54, 1.807) is 18.3 Å². The van der Waals surface area contributed by atoms with Crippen LogP contribution in [0.1, 0.15) is 53.8 Å². The molecule has 8 heteroatoms. The van der Waals surface area contributed by atoms with Crippen LogP contribution in [-0.2, 0) is 6.54 Å². The highest BCUT2D eigenvalue weighted by molar-refractivity contribution is 6.05. The van der Waals surface area contributed by atoms with Crippen LogP contribution in [0.2, 0.25) is 0 Å². The van der Waals surface area contributed by atoms with E-state index in [0.29, 0.717) is 34.7 Å². The maximum absolute atomic E-state index is 12.8. The first-order valence-corrected chi connectivity index (χ1v) is 9.60. The Morgan fingerprint density at radius 3 is 2.80 bits per heavy atom. The van der Waals surface area contributed by atoms with E-state index in [1.165, 1.54) is 6.07 Å². The second-order valence-corrected chi connectivity index (χ2v) is 7.38. The first-order valence-electron chi connectivity index (χ1n) is 9.60. The van der Waals surface area contributed by atoms with E-state index in [0.717, 1.165) is 11.4 Å². The fourth-order valence-corrected chi connectivity index (χ4v) is 3.38. The number of nitrogens with one attached hydrogen (secondary N) is 2. The van der Waals surface area contributed by atoms with Gasteiger partial charge >= 0.3 is 0 Å². The van der Waals surface area contributed by atoms with Gasteiger partial charge in [0.05, 0.1) is 11.0 Å². The number of fused-ring (bicyclic) bond motifs is 1. The summed E-state index contributed by atoms with van der Waals surface area (Å²) in [6, 6.07) is 12.2. The Hall–Kier alpha value is -3.55. The number of rotatable bonds is 6. The molecule has 0 saturated heterocycles. The molecule has 4 rings (SSSR count). The van der Waals surface area contributed by atoms with E-state index in [2.05, 4.69) is 38.7 Å². The number of carbonyl (C=O) groups is 1. The van der Waals surface area contributed by atoms with Crippen molar-refractivity contribution >= 4 is 22.6 Å². The average molecular weight is 409 g/mol. The number of nitrogens with zero attached hydrogens (tertiary/aromatic N) is 3. The molecule has 1 amide bonds. The minimum atomic E-state index is -2.69. The summed E-state index contributed by atoms with van der Waals surface area (Å²) in [7, 11) is 0. The zero-order valence-corrected chi connectivity index (χ0v) is 16.6. The maximum atomic E-state index is 12.8. The molecule has 2 aromatic carbocycles. The van der Waals surface area contributed by atoms with Crippen LogP contribution >= 0.6 is 0 Å². The van der Waals surface area contributed by atoms with Gasteiger partial charge in [0.1, 0.15) is 5.82 Å². The van der Waals surface area contributed by atoms with Crippen molar-refractivity contribution in [3.8, 4) is 0 Å². The standard InChI is InChI=1S/C22H21F2N5O/c1-13(2)21-25-8-9-29(21)12-14-4-3-5-16(10-14)26-22(30)15-6-7-17-18(11-15)28-20(27-17)19(23)24/h3-11,13,19H,12H2,1-2H3,(H,26,30)(H,27,28). The maximum Gasteiger partial charge on any atom is 0.295 e. The molecule has 30 heavy (non-hydrogen) atoms. The fraction of sp³-hybridized carbons (Fsp3) is 0.227. The molecule has 0 aliphatic heterocycles. The monoisotopic (exact) mass is 409 g/mol. The van der Waals surface area contributed by atoms with Gasteiger partial charge in [-0.1, -0.05) is 26.0 Å². The topological polar surface area (TPSA) is 75.6 Å². The summed E-state index contributed by atoms with van der Waals surface area (Å²) in [5.41, 5.74) is 2.83. The smallest absolute Gasteiger partial charge is 0.295 e. The van der Waals surface area contributed by atoms with Crippen molar-refractivity contribution in [2.45, 2.75) is 32.7 Å². The highest BCUT2D eigenvalue weighted by Gasteiger charge is 2.15. The number of imidazole rings is 2. The van der Waals surface area contributed by atoms with Gasteiger partial charge in [-0.25, -0.2) is 18.7 Å². The second-order valence-electron chi connectivity index (χ2n) is 7.38. The Morgan fingerprint density at radius 2 is 2.03 bits per heavy atom.